The average molecular weight is 391 g/mol. The number of hydrogen-bond donors (Lipinski definition) is 1. The van der Waals surface area contributed by atoms with Crippen molar-refractivity contribution in [2.24, 2.45) is 0 Å². The Morgan fingerprint density at radius 2 is 1.79 bits per heavy atom. The third kappa shape index (κ3) is 7.10. The molecule has 1 aliphatic carbocycles. The van der Waals surface area contributed by atoms with Crippen molar-refractivity contribution in [3.8, 4) is 0 Å². The van der Waals surface area contributed by atoms with Crippen LogP contribution in [0.5, 0.6) is 0 Å². The highest BCUT2D eigenvalue weighted by atomic mass is 16.6. The van der Waals surface area contributed by atoms with Gasteiger partial charge in [0.15, 0.2) is 0 Å². The van der Waals surface area contributed by atoms with Crippen LogP contribution in [0.4, 0.5) is 4.79 Å². The Morgan fingerprint density at radius 1 is 1.11 bits per heavy atom. The van der Waals surface area contributed by atoms with E-state index >= 15 is 0 Å². The summed E-state index contributed by atoms with van der Waals surface area (Å²) in [6, 6.07) is 9.29. The van der Waals surface area contributed by atoms with Crippen molar-refractivity contribution in [3.63, 3.8) is 0 Å². The largest absolute Gasteiger partial charge is 0.449 e. The van der Waals surface area contributed by atoms with Crippen LogP contribution in [0, 0.1) is 0 Å². The number of nitrogens with zero attached hydrogens (tertiary/aromatic N) is 2. The molecule has 0 spiro atoms. The highest BCUT2D eigenvalue weighted by Crippen LogP contribution is 2.34. The van der Waals surface area contributed by atoms with Gasteiger partial charge >= 0.3 is 6.09 Å². The first-order valence-electron chi connectivity index (χ1n) is 10.8. The van der Waals surface area contributed by atoms with Gasteiger partial charge in [0, 0.05) is 32.8 Å². The lowest BCUT2D eigenvalue weighted by molar-refractivity contribution is 0.0864. The van der Waals surface area contributed by atoms with Crippen LogP contribution in [0.1, 0.15) is 68.9 Å². The lowest BCUT2D eigenvalue weighted by atomic mass is 9.81. The van der Waals surface area contributed by atoms with Crippen LogP contribution < -0.4 is 0 Å². The Balaban J connectivity index is 1.78. The average Bonchev–Trinajstić information content (AvgIpc) is 2.72. The lowest BCUT2D eigenvalue weighted by Crippen LogP contribution is -2.39. The highest BCUT2D eigenvalue weighted by molar-refractivity contribution is 5.67. The Labute approximate surface area is 170 Å². The number of aliphatic hydroxyl groups excluding tert-OH is 1. The molecule has 158 valence electrons. The number of amides is 1. The van der Waals surface area contributed by atoms with Gasteiger partial charge in [-0.15, -0.1) is 0 Å². The Morgan fingerprint density at radius 3 is 2.39 bits per heavy atom. The third-order valence-electron chi connectivity index (χ3n) is 5.86. The maximum atomic E-state index is 12.1. The van der Waals surface area contributed by atoms with Gasteiger partial charge in [0.05, 0.1) is 6.61 Å². The summed E-state index contributed by atoms with van der Waals surface area (Å²) < 4.78 is 5.35. The smallest absolute Gasteiger partial charge is 0.409 e. The van der Waals surface area contributed by atoms with Crippen LogP contribution in [-0.4, -0.2) is 60.9 Å². The molecule has 0 radical (unpaired) electrons. The summed E-state index contributed by atoms with van der Waals surface area (Å²) in [5, 5.41) is 8.94. The van der Waals surface area contributed by atoms with Crippen molar-refractivity contribution in [2.45, 2.75) is 70.4 Å². The first-order chi connectivity index (χ1) is 13.5. The number of ether oxygens (including phenoxy) is 1. The zero-order valence-corrected chi connectivity index (χ0v) is 17.9. The zero-order valence-electron chi connectivity index (χ0n) is 17.9. The molecule has 0 heterocycles. The van der Waals surface area contributed by atoms with Crippen LogP contribution in [0.25, 0.3) is 0 Å². The number of benzene rings is 1. The fraction of sp³-hybridized carbons (Fsp3) is 0.696. The topological polar surface area (TPSA) is 53.0 Å². The van der Waals surface area contributed by atoms with Crippen molar-refractivity contribution < 1.29 is 14.6 Å². The molecular formula is C23H38N2O3. The van der Waals surface area contributed by atoms with Crippen LogP contribution >= 0.6 is 0 Å². The fourth-order valence-corrected chi connectivity index (χ4v) is 3.98. The SMILES string of the molecule is CCCCOC(=O)N(C)C1CCC(c2ccc(CN(C)CCCO)cc2)CC1. The van der Waals surface area contributed by atoms with E-state index in [2.05, 4.69) is 43.1 Å². The van der Waals surface area contributed by atoms with E-state index in [0.717, 1.165) is 58.0 Å². The van der Waals surface area contributed by atoms with Gasteiger partial charge in [-0.05, 0) is 62.6 Å². The first-order valence-corrected chi connectivity index (χ1v) is 10.8. The number of unbranched alkanes of at least 4 members (excludes halogenated alkanes) is 1. The minimum Gasteiger partial charge on any atom is -0.449 e. The molecule has 0 saturated heterocycles. The molecule has 0 atom stereocenters. The van der Waals surface area contributed by atoms with Gasteiger partial charge in [0.1, 0.15) is 0 Å². The van der Waals surface area contributed by atoms with Crippen LogP contribution in [0.3, 0.4) is 0 Å². The second kappa shape index (κ2) is 12.1. The second-order valence-corrected chi connectivity index (χ2v) is 8.14. The molecule has 1 N–H and O–H groups in total. The molecule has 1 aromatic rings. The molecule has 2 rings (SSSR count). The molecule has 5 heteroatoms. The summed E-state index contributed by atoms with van der Waals surface area (Å²) in [6.45, 7) is 4.70. The van der Waals surface area contributed by atoms with Gasteiger partial charge in [-0.1, -0.05) is 37.6 Å². The maximum absolute atomic E-state index is 12.1. The summed E-state index contributed by atoms with van der Waals surface area (Å²) in [7, 11) is 3.97. The molecule has 1 aliphatic rings. The van der Waals surface area contributed by atoms with E-state index in [1.54, 1.807) is 4.90 Å². The molecule has 1 aromatic carbocycles. The Hall–Kier alpha value is -1.59. The van der Waals surface area contributed by atoms with Crippen molar-refractivity contribution >= 4 is 6.09 Å². The van der Waals surface area contributed by atoms with E-state index in [-0.39, 0.29) is 12.7 Å². The monoisotopic (exact) mass is 390 g/mol. The lowest BCUT2D eigenvalue weighted by Gasteiger charge is -2.34. The zero-order chi connectivity index (χ0) is 20.4. The predicted octanol–water partition coefficient (Wildman–Crippen LogP) is 4.40. The van der Waals surface area contributed by atoms with Crippen LogP contribution in [0.2, 0.25) is 0 Å². The third-order valence-corrected chi connectivity index (χ3v) is 5.86. The van der Waals surface area contributed by atoms with Gasteiger partial charge in [-0.3, -0.25) is 0 Å². The van der Waals surface area contributed by atoms with E-state index in [0.29, 0.717) is 18.6 Å². The minimum atomic E-state index is -0.174. The first kappa shape index (κ1) is 22.7. The van der Waals surface area contributed by atoms with E-state index in [4.69, 9.17) is 9.84 Å². The van der Waals surface area contributed by atoms with Crippen molar-refractivity contribution in [1.29, 1.82) is 0 Å². The summed E-state index contributed by atoms with van der Waals surface area (Å²) in [5.41, 5.74) is 2.72. The number of rotatable bonds is 10. The second-order valence-electron chi connectivity index (χ2n) is 8.14. The van der Waals surface area contributed by atoms with Crippen LogP contribution in [0.15, 0.2) is 24.3 Å². The molecule has 0 aromatic heterocycles. The maximum Gasteiger partial charge on any atom is 0.409 e. The number of carbonyl (C=O) groups is 1. The Bertz CT molecular complexity index is 568. The van der Waals surface area contributed by atoms with Crippen LogP contribution in [-0.2, 0) is 11.3 Å². The minimum absolute atomic E-state index is 0.174. The Kier molecular flexibility index (Phi) is 9.79. The molecule has 1 amide bonds. The summed E-state index contributed by atoms with van der Waals surface area (Å²) in [6.07, 6.45) is 6.93. The standard InChI is InChI=1S/C23H38N2O3/c1-4-5-17-28-23(27)25(3)22-13-11-21(12-14-22)20-9-7-19(8-10-20)18-24(2)15-6-16-26/h7-10,21-22,26H,4-6,11-18H2,1-3H3. The number of carbonyl (C=O) groups excluding carboxylic acids is 1. The molecule has 0 aliphatic heterocycles. The quantitative estimate of drug-likeness (QED) is 0.602. The van der Waals surface area contributed by atoms with E-state index in [1.807, 2.05) is 7.05 Å². The van der Waals surface area contributed by atoms with Gasteiger partial charge < -0.3 is 19.6 Å². The van der Waals surface area contributed by atoms with Crippen molar-refractivity contribution in [2.75, 3.05) is 33.9 Å². The van der Waals surface area contributed by atoms with Gasteiger partial charge in [-0.25, -0.2) is 4.79 Å². The van der Waals surface area contributed by atoms with Gasteiger partial charge in [0.25, 0.3) is 0 Å². The molecule has 0 unspecified atom stereocenters. The summed E-state index contributed by atoms with van der Waals surface area (Å²) >= 11 is 0. The molecule has 1 saturated carbocycles. The van der Waals surface area contributed by atoms with Gasteiger partial charge in [0.2, 0.25) is 0 Å². The number of hydrogen-bond acceptors (Lipinski definition) is 4. The summed E-state index contributed by atoms with van der Waals surface area (Å²) in [4.78, 5) is 16.2. The van der Waals surface area contributed by atoms with E-state index in [9.17, 15) is 4.79 Å². The van der Waals surface area contributed by atoms with Crippen molar-refractivity contribution in [1.82, 2.24) is 9.80 Å². The molecule has 5 nitrogen and oxygen atoms in total. The van der Waals surface area contributed by atoms with Crippen molar-refractivity contribution in [3.05, 3.63) is 35.4 Å². The molecule has 28 heavy (non-hydrogen) atoms. The van der Waals surface area contributed by atoms with E-state index in [1.165, 1.54) is 11.1 Å². The van der Waals surface area contributed by atoms with E-state index < -0.39 is 0 Å². The summed E-state index contributed by atoms with van der Waals surface area (Å²) in [5.74, 6) is 0.585. The fourth-order valence-electron chi connectivity index (χ4n) is 3.98. The molecule has 0 bridgehead atoms. The molecule has 1 fully saturated rings. The normalized spacial score (nSPS) is 19.6. The highest BCUT2D eigenvalue weighted by Gasteiger charge is 2.27. The van der Waals surface area contributed by atoms with Gasteiger partial charge in [-0.2, -0.15) is 0 Å². The number of aliphatic hydroxyl groups is 1. The predicted molar refractivity (Wildman–Crippen MR) is 113 cm³/mol. The molecular weight excluding hydrogens is 352 g/mol.